The largest absolute Gasteiger partial charge is 0.416 e. The molecule has 2 aromatic carbocycles. The predicted octanol–water partition coefficient (Wildman–Crippen LogP) is 3.73. The lowest BCUT2D eigenvalue weighted by atomic mass is 9.66. The van der Waals surface area contributed by atoms with E-state index >= 15 is 4.39 Å². The van der Waals surface area contributed by atoms with Gasteiger partial charge in [0.05, 0.1) is 17.7 Å². The lowest BCUT2D eigenvalue weighted by molar-refractivity contribution is -0.138. The SMILES string of the molecule is CC1(C)CN(Cc2ccc(C(F)(F)F)cc2)CCC1(O)c1ccc2c(c1F)CN(C1CCC(=O)NC1=O)C2=O. The summed E-state index contributed by atoms with van der Waals surface area (Å²) in [4.78, 5) is 40.1. The minimum atomic E-state index is -4.41. The number of likely N-dealkylation sites (tertiary alicyclic amines) is 1. The number of nitrogens with one attached hydrogen (secondary N) is 1. The van der Waals surface area contributed by atoms with E-state index in [-0.39, 0.29) is 42.5 Å². The minimum Gasteiger partial charge on any atom is -0.384 e. The monoisotopic (exact) mass is 547 g/mol. The molecule has 0 spiro atoms. The van der Waals surface area contributed by atoms with E-state index in [1.54, 1.807) is 13.8 Å². The third kappa shape index (κ3) is 4.71. The molecule has 0 aliphatic carbocycles. The Labute approximate surface area is 222 Å². The van der Waals surface area contributed by atoms with Crippen LogP contribution in [-0.4, -0.2) is 51.8 Å². The van der Waals surface area contributed by atoms with Crippen molar-refractivity contribution in [2.75, 3.05) is 13.1 Å². The first-order valence-electron chi connectivity index (χ1n) is 12.8. The van der Waals surface area contributed by atoms with Crippen LogP contribution in [0.15, 0.2) is 36.4 Å². The maximum Gasteiger partial charge on any atom is 0.416 e. The quantitative estimate of drug-likeness (QED) is 0.450. The molecule has 2 unspecified atom stereocenters. The maximum absolute atomic E-state index is 16.0. The van der Waals surface area contributed by atoms with Gasteiger partial charge in [-0.1, -0.05) is 32.0 Å². The molecule has 39 heavy (non-hydrogen) atoms. The molecule has 2 N–H and O–H groups in total. The van der Waals surface area contributed by atoms with Crippen molar-refractivity contribution in [3.63, 3.8) is 0 Å². The molecule has 0 bridgehead atoms. The molecule has 11 heteroatoms. The van der Waals surface area contributed by atoms with Gasteiger partial charge in [-0.05, 0) is 36.6 Å². The Balaban J connectivity index is 1.35. The van der Waals surface area contributed by atoms with E-state index in [4.69, 9.17) is 0 Å². The number of benzene rings is 2. The van der Waals surface area contributed by atoms with Gasteiger partial charge in [0.15, 0.2) is 0 Å². The Morgan fingerprint density at radius 1 is 1.08 bits per heavy atom. The van der Waals surface area contributed by atoms with Crippen molar-refractivity contribution in [2.45, 2.75) is 64.0 Å². The number of piperidine rings is 2. The second-order valence-electron chi connectivity index (χ2n) is 11.3. The molecule has 3 amide bonds. The average molecular weight is 548 g/mol. The lowest BCUT2D eigenvalue weighted by Gasteiger charge is -2.50. The number of carbonyl (C=O) groups excluding carboxylic acids is 3. The Hall–Kier alpha value is -3.31. The normalized spacial score (nSPS) is 25.6. The number of imide groups is 1. The summed E-state index contributed by atoms with van der Waals surface area (Å²) < 4.78 is 54.7. The zero-order chi connectivity index (χ0) is 28.3. The zero-order valence-electron chi connectivity index (χ0n) is 21.6. The van der Waals surface area contributed by atoms with E-state index < -0.39 is 52.3 Å². The van der Waals surface area contributed by atoms with E-state index in [9.17, 15) is 32.7 Å². The highest BCUT2D eigenvalue weighted by Gasteiger charge is 2.51. The van der Waals surface area contributed by atoms with Gasteiger partial charge in [0.2, 0.25) is 11.8 Å². The first-order chi connectivity index (χ1) is 18.2. The van der Waals surface area contributed by atoms with Crippen molar-refractivity contribution in [1.29, 1.82) is 0 Å². The number of rotatable bonds is 4. The number of fused-ring (bicyclic) bond motifs is 1. The van der Waals surface area contributed by atoms with Crippen LogP contribution < -0.4 is 5.32 Å². The highest BCUT2D eigenvalue weighted by atomic mass is 19.4. The molecule has 7 nitrogen and oxygen atoms in total. The van der Waals surface area contributed by atoms with E-state index in [1.165, 1.54) is 29.2 Å². The second-order valence-corrected chi connectivity index (χ2v) is 11.3. The van der Waals surface area contributed by atoms with Crippen molar-refractivity contribution in [2.24, 2.45) is 5.41 Å². The van der Waals surface area contributed by atoms with Crippen LogP contribution in [0.5, 0.6) is 0 Å². The summed E-state index contributed by atoms with van der Waals surface area (Å²) in [5.74, 6) is -2.19. The van der Waals surface area contributed by atoms with Gasteiger partial charge in [-0.25, -0.2) is 4.39 Å². The molecular formula is C28H29F4N3O4. The predicted molar refractivity (Wildman–Crippen MR) is 131 cm³/mol. The Bertz CT molecular complexity index is 1340. The van der Waals surface area contributed by atoms with Crippen LogP contribution >= 0.6 is 0 Å². The van der Waals surface area contributed by atoms with E-state index in [0.717, 1.165) is 12.1 Å². The van der Waals surface area contributed by atoms with Gasteiger partial charge in [-0.2, -0.15) is 13.2 Å². The Morgan fingerprint density at radius 3 is 2.38 bits per heavy atom. The van der Waals surface area contributed by atoms with Crippen molar-refractivity contribution < 1.29 is 37.1 Å². The van der Waals surface area contributed by atoms with Crippen molar-refractivity contribution in [3.8, 4) is 0 Å². The van der Waals surface area contributed by atoms with Crippen molar-refractivity contribution in [1.82, 2.24) is 15.1 Å². The molecule has 0 aromatic heterocycles. The maximum atomic E-state index is 16.0. The smallest absolute Gasteiger partial charge is 0.384 e. The molecule has 3 aliphatic heterocycles. The number of amides is 3. The number of halogens is 4. The fourth-order valence-corrected chi connectivity index (χ4v) is 6.04. The molecule has 2 fully saturated rings. The molecular weight excluding hydrogens is 518 g/mol. The minimum absolute atomic E-state index is 0.0679. The lowest BCUT2D eigenvalue weighted by Crippen LogP contribution is -2.55. The topological polar surface area (TPSA) is 89.9 Å². The molecule has 0 radical (unpaired) electrons. The summed E-state index contributed by atoms with van der Waals surface area (Å²) in [6.07, 6.45) is -4.00. The fourth-order valence-electron chi connectivity index (χ4n) is 6.04. The Morgan fingerprint density at radius 2 is 1.77 bits per heavy atom. The molecule has 0 saturated carbocycles. The van der Waals surface area contributed by atoms with Gasteiger partial charge in [-0.3, -0.25) is 24.6 Å². The number of nitrogens with zero attached hydrogens (tertiary/aromatic N) is 2. The van der Waals surface area contributed by atoms with E-state index in [1.807, 2.05) is 4.90 Å². The van der Waals surface area contributed by atoms with Gasteiger partial charge in [0.1, 0.15) is 11.9 Å². The molecule has 208 valence electrons. The van der Waals surface area contributed by atoms with Gasteiger partial charge >= 0.3 is 6.18 Å². The van der Waals surface area contributed by atoms with Crippen molar-refractivity contribution in [3.05, 3.63) is 70.0 Å². The molecule has 5 rings (SSSR count). The second kappa shape index (κ2) is 9.41. The summed E-state index contributed by atoms with van der Waals surface area (Å²) in [7, 11) is 0. The first kappa shape index (κ1) is 27.3. The van der Waals surface area contributed by atoms with Crippen LogP contribution in [0.1, 0.15) is 65.7 Å². The standard InChI is InChI=1S/C28H29F4N3O4/c1-26(2)15-34(13-16-3-5-17(6-4-16)28(30,31)32)12-11-27(26,39)20-8-7-18-19(23(20)29)14-35(25(18)38)21-9-10-22(36)33-24(21)37/h3-8,21,39H,9-15H2,1-2H3,(H,33,36,37). The number of hydrogen-bond acceptors (Lipinski definition) is 5. The summed E-state index contributed by atoms with van der Waals surface area (Å²) in [6.45, 7) is 4.57. The third-order valence-electron chi connectivity index (χ3n) is 8.31. The molecule has 2 aromatic rings. The summed E-state index contributed by atoms with van der Waals surface area (Å²) >= 11 is 0. The number of alkyl halides is 3. The van der Waals surface area contributed by atoms with E-state index in [2.05, 4.69) is 5.32 Å². The van der Waals surface area contributed by atoms with Crippen LogP contribution in [0.3, 0.4) is 0 Å². The average Bonchev–Trinajstić information content (AvgIpc) is 3.18. The molecule has 3 heterocycles. The van der Waals surface area contributed by atoms with Crippen LogP contribution in [0.4, 0.5) is 17.6 Å². The van der Waals surface area contributed by atoms with Crippen LogP contribution in [0, 0.1) is 11.2 Å². The summed E-state index contributed by atoms with van der Waals surface area (Å²) in [6, 6.07) is 6.97. The van der Waals surface area contributed by atoms with Crippen LogP contribution in [0.25, 0.3) is 0 Å². The molecule has 2 saturated heterocycles. The summed E-state index contributed by atoms with van der Waals surface area (Å²) in [5.41, 5.74) is -2.15. The van der Waals surface area contributed by atoms with Crippen LogP contribution in [-0.2, 0) is 34.5 Å². The number of carbonyl (C=O) groups is 3. The van der Waals surface area contributed by atoms with Gasteiger partial charge in [0, 0.05) is 48.2 Å². The molecule has 2 atom stereocenters. The number of aliphatic hydroxyl groups is 1. The highest BCUT2D eigenvalue weighted by molar-refractivity contribution is 6.05. The van der Waals surface area contributed by atoms with E-state index in [0.29, 0.717) is 25.2 Å². The van der Waals surface area contributed by atoms with Gasteiger partial charge in [-0.15, -0.1) is 0 Å². The zero-order valence-corrected chi connectivity index (χ0v) is 21.6. The Kier molecular flexibility index (Phi) is 6.58. The fraction of sp³-hybridized carbons (Fsp3) is 0.464. The summed E-state index contributed by atoms with van der Waals surface area (Å²) in [5, 5.41) is 14.1. The highest BCUT2D eigenvalue weighted by Crippen LogP contribution is 2.48. The number of hydrogen-bond donors (Lipinski definition) is 2. The first-order valence-corrected chi connectivity index (χ1v) is 12.8. The van der Waals surface area contributed by atoms with Gasteiger partial charge < -0.3 is 10.0 Å². The van der Waals surface area contributed by atoms with Crippen molar-refractivity contribution >= 4 is 17.7 Å². The van der Waals surface area contributed by atoms with Gasteiger partial charge in [0.25, 0.3) is 5.91 Å². The third-order valence-corrected chi connectivity index (χ3v) is 8.31. The van der Waals surface area contributed by atoms with Crippen LogP contribution in [0.2, 0.25) is 0 Å². The molecule has 3 aliphatic rings.